The van der Waals surface area contributed by atoms with Crippen molar-refractivity contribution >= 4 is 17.3 Å². The number of aryl methyl sites for hydroxylation is 1. The lowest BCUT2D eigenvalue weighted by molar-refractivity contribution is -0.384. The lowest BCUT2D eigenvalue weighted by Gasteiger charge is -2.30. The molecule has 1 aliphatic heterocycles. The molecule has 26 heavy (non-hydrogen) atoms. The Bertz CT molecular complexity index is 757. The van der Waals surface area contributed by atoms with Crippen molar-refractivity contribution in [3.05, 3.63) is 52.6 Å². The Balaban J connectivity index is 1.69. The summed E-state index contributed by atoms with van der Waals surface area (Å²) in [7, 11) is 0. The number of aromatic nitrogens is 2. The lowest BCUT2D eigenvalue weighted by Crippen LogP contribution is -2.38. The average Bonchev–Trinajstić information content (AvgIpc) is 3.18. The van der Waals surface area contributed by atoms with Gasteiger partial charge in [-0.3, -0.25) is 14.9 Å². The van der Waals surface area contributed by atoms with Crippen LogP contribution in [0.5, 0.6) is 0 Å². The van der Waals surface area contributed by atoms with Gasteiger partial charge in [0.15, 0.2) is 0 Å². The zero-order chi connectivity index (χ0) is 18.4. The van der Waals surface area contributed by atoms with Crippen LogP contribution in [0.3, 0.4) is 0 Å². The van der Waals surface area contributed by atoms with E-state index in [0.717, 1.165) is 13.0 Å². The predicted octanol–water partition coefficient (Wildman–Crippen LogP) is 1.45. The van der Waals surface area contributed by atoms with Crippen LogP contribution in [-0.4, -0.2) is 53.2 Å². The maximum absolute atomic E-state index is 12.6. The maximum atomic E-state index is 12.6. The van der Waals surface area contributed by atoms with Crippen LogP contribution in [0.4, 0.5) is 11.4 Å². The minimum Gasteiger partial charge on any atom is -0.378 e. The number of ether oxygens (including phenoxy) is 1. The van der Waals surface area contributed by atoms with Crippen molar-refractivity contribution in [3.63, 3.8) is 0 Å². The third-order valence-electron chi connectivity index (χ3n) is 4.23. The van der Waals surface area contributed by atoms with Crippen molar-refractivity contribution in [1.82, 2.24) is 14.9 Å². The molecule has 1 saturated heterocycles. The molecule has 0 spiro atoms. The van der Waals surface area contributed by atoms with Crippen LogP contribution >= 0.6 is 0 Å². The van der Waals surface area contributed by atoms with Crippen LogP contribution in [0.2, 0.25) is 0 Å². The van der Waals surface area contributed by atoms with E-state index in [1.165, 1.54) is 12.1 Å². The molecule has 0 unspecified atom stereocenters. The third-order valence-corrected chi connectivity index (χ3v) is 4.23. The molecule has 1 fully saturated rings. The number of hydrogen-bond acceptors (Lipinski definition) is 6. The molecule has 0 bridgehead atoms. The first kappa shape index (κ1) is 17.9. The maximum Gasteiger partial charge on any atom is 0.270 e. The molecule has 1 aliphatic rings. The highest BCUT2D eigenvalue weighted by molar-refractivity contribution is 6.00. The number of morpholine rings is 1. The van der Waals surface area contributed by atoms with E-state index in [4.69, 9.17) is 4.74 Å². The number of nitrogens with zero attached hydrogens (tertiary/aromatic N) is 4. The van der Waals surface area contributed by atoms with E-state index in [-0.39, 0.29) is 11.6 Å². The number of nitro groups is 1. The normalized spacial score (nSPS) is 14.2. The molecule has 138 valence electrons. The van der Waals surface area contributed by atoms with E-state index in [1.807, 2.05) is 15.7 Å². The summed E-state index contributed by atoms with van der Waals surface area (Å²) < 4.78 is 7.27. The fourth-order valence-electron chi connectivity index (χ4n) is 2.88. The van der Waals surface area contributed by atoms with Crippen molar-refractivity contribution in [3.8, 4) is 0 Å². The molecule has 1 aromatic heterocycles. The molecule has 2 aromatic rings. The second kappa shape index (κ2) is 8.43. The SMILES string of the molecule is O=C(NCCCn1ccnc1)c1cc([N+](=O)[O-])ccc1N1CCOCC1. The average molecular weight is 359 g/mol. The predicted molar refractivity (Wildman–Crippen MR) is 95.3 cm³/mol. The zero-order valence-electron chi connectivity index (χ0n) is 14.3. The van der Waals surface area contributed by atoms with Crippen molar-refractivity contribution < 1.29 is 14.5 Å². The minimum atomic E-state index is -0.487. The zero-order valence-corrected chi connectivity index (χ0v) is 14.3. The highest BCUT2D eigenvalue weighted by Crippen LogP contribution is 2.26. The summed E-state index contributed by atoms with van der Waals surface area (Å²) in [5.74, 6) is -0.305. The van der Waals surface area contributed by atoms with Crippen LogP contribution < -0.4 is 10.2 Å². The number of amides is 1. The number of anilines is 1. The summed E-state index contributed by atoms with van der Waals surface area (Å²) in [5, 5.41) is 13.9. The number of hydrogen-bond donors (Lipinski definition) is 1. The van der Waals surface area contributed by atoms with Gasteiger partial charge in [0.25, 0.3) is 11.6 Å². The van der Waals surface area contributed by atoms with E-state index >= 15 is 0 Å². The number of rotatable bonds is 7. The Morgan fingerprint density at radius 2 is 2.15 bits per heavy atom. The molecule has 0 atom stereocenters. The Labute approximate surface area is 150 Å². The molecule has 0 aliphatic carbocycles. The largest absolute Gasteiger partial charge is 0.378 e. The van der Waals surface area contributed by atoms with E-state index in [1.54, 1.807) is 18.6 Å². The molecule has 0 saturated carbocycles. The van der Waals surface area contributed by atoms with Gasteiger partial charge in [-0.25, -0.2) is 4.98 Å². The van der Waals surface area contributed by atoms with Gasteiger partial charge in [-0.15, -0.1) is 0 Å². The first-order valence-corrected chi connectivity index (χ1v) is 8.50. The number of carbonyl (C=O) groups excluding carboxylic acids is 1. The van der Waals surface area contributed by atoms with Crippen molar-refractivity contribution in [2.75, 3.05) is 37.7 Å². The van der Waals surface area contributed by atoms with Gasteiger partial charge >= 0.3 is 0 Å². The Hall–Kier alpha value is -2.94. The molecule has 3 rings (SSSR count). The van der Waals surface area contributed by atoms with Gasteiger partial charge in [0, 0.05) is 50.7 Å². The summed E-state index contributed by atoms with van der Waals surface area (Å²) in [6.45, 7) is 3.66. The van der Waals surface area contributed by atoms with Gasteiger partial charge in [-0.2, -0.15) is 0 Å². The number of carbonyl (C=O) groups is 1. The van der Waals surface area contributed by atoms with E-state index in [9.17, 15) is 14.9 Å². The van der Waals surface area contributed by atoms with Crippen molar-refractivity contribution in [2.45, 2.75) is 13.0 Å². The molecule has 1 amide bonds. The summed E-state index contributed by atoms with van der Waals surface area (Å²) in [4.78, 5) is 29.2. The molecular weight excluding hydrogens is 338 g/mol. The number of imidazole rings is 1. The Morgan fingerprint density at radius 1 is 1.35 bits per heavy atom. The van der Waals surface area contributed by atoms with Gasteiger partial charge in [-0.05, 0) is 12.5 Å². The number of nitrogens with one attached hydrogen (secondary N) is 1. The van der Waals surface area contributed by atoms with Crippen LogP contribution in [0.25, 0.3) is 0 Å². The molecular formula is C17H21N5O4. The van der Waals surface area contributed by atoms with Gasteiger partial charge in [0.05, 0.1) is 35.7 Å². The molecule has 9 nitrogen and oxygen atoms in total. The summed E-state index contributed by atoms with van der Waals surface area (Å²) >= 11 is 0. The fraction of sp³-hybridized carbons (Fsp3) is 0.412. The summed E-state index contributed by atoms with van der Waals surface area (Å²) in [6, 6.07) is 4.42. The molecule has 2 heterocycles. The van der Waals surface area contributed by atoms with E-state index < -0.39 is 4.92 Å². The summed E-state index contributed by atoms with van der Waals surface area (Å²) in [6.07, 6.45) is 6.03. The van der Waals surface area contributed by atoms with Crippen LogP contribution in [0, 0.1) is 10.1 Å². The molecule has 9 heteroatoms. The van der Waals surface area contributed by atoms with Gasteiger partial charge < -0.3 is 19.5 Å². The van der Waals surface area contributed by atoms with Crippen LogP contribution in [-0.2, 0) is 11.3 Å². The van der Waals surface area contributed by atoms with Gasteiger partial charge in [-0.1, -0.05) is 0 Å². The highest BCUT2D eigenvalue weighted by atomic mass is 16.6. The topological polar surface area (TPSA) is 103 Å². The first-order valence-electron chi connectivity index (χ1n) is 8.50. The first-order chi connectivity index (χ1) is 12.6. The number of nitro benzene ring substituents is 1. The van der Waals surface area contributed by atoms with Crippen molar-refractivity contribution in [2.24, 2.45) is 0 Å². The van der Waals surface area contributed by atoms with Crippen LogP contribution in [0.15, 0.2) is 36.9 Å². The Kier molecular flexibility index (Phi) is 5.80. The van der Waals surface area contributed by atoms with Gasteiger partial charge in [0.2, 0.25) is 0 Å². The summed E-state index contributed by atoms with van der Waals surface area (Å²) in [5.41, 5.74) is 0.931. The molecule has 1 N–H and O–H groups in total. The Morgan fingerprint density at radius 3 is 2.85 bits per heavy atom. The number of benzene rings is 1. The van der Waals surface area contributed by atoms with Gasteiger partial charge in [0.1, 0.15) is 0 Å². The standard InChI is InChI=1S/C17H21N5O4/c23-17(19-4-1-6-20-7-5-18-13-20)15-12-14(22(24)25)2-3-16(15)21-8-10-26-11-9-21/h2-3,5,7,12-13H,1,4,6,8-11H2,(H,19,23). The highest BCUT2D eigenvalue weighted by Gasteiger charge is 2.21. The lowest BCUT2D eigenvalue weighted by atomic mass is 10.1. The van der Waals surface area contributed by atoms with E-state index in [2.05, 4.69) is 10.3 Å². The molecule has 0 radical (unpaired) electrons. The second-order valence-corrected chi connectivity index (χ2v) is 5.97. The van der Waals surface area contributed by atoms with Crippen LogP contribution in [0.1, 0.15) is 16.8 Å². The third kappa shape index (κ3) is 4.37. The van der Waals surface area contributed by atoms with E-state index in [0.29, 0.717) is 44.1 Å². The second-order valence-electron chi connectivity index (χ2n) is 5.97. The smallest absolute Gasteiger partial charge is 0.270 e. The molecule has 1 aromatic carbocycles. The number of non-ortho nitro benzene ring substituents is 1. The van der Waals surface area contributed by atoms with Crippen molar-refractivity contribution in [1.29, 1.82) is 0 Å². The fourth-order valence-corrected chi connectivity index (χ4v) is 2.88. The monoisotopic (exact) mass is 359 g/mol. The minimum absolute atomic E-state index is 0.0921. The quantitative estimate of drug-likeness (QED) is 0.456.